The Balaban J connectivity index is 2.95. The summed E-state index contributed by atoms with van der Waals surface area (Å²) in [6.07, 6.45) is 1.59. The SMILES string of the molecule is CC(=O)N(N)c1cc(C)cnn1. The zero-order valence-electron chi connectivity index (χ0n) is 6.98. The van der Waals surface area contributed by atoms with Crippen molar-refractivity contribution in [3.05, 3.63) is 17.8 Å². The third-order valence-corrected chi connectivity index (χ3v) is 1.36. The first kappa shape index (κ1) is 8.61. The number of rotatable bonds is 1. The lowest BCUT2D eigenvalue weighted by molar-refractivity contribution is -0.116. The minimum absolute atomic E-state index is 0.269. The summed E-state index contributed by atoms with van der Waals surface area (Å²) in [6.45, 7) is 3.22. The summed E-state index contributed by atoms with van der Waals surface area (Å²) in [5.41, 5.74) is 0.914. The number of hydrazine groups is 1. The second-order valence-corrected chi connectivity index (χ2v) is 2.48. The summed E-state index contributed by atoms with van der Waals surface area (Å²) in [6, 6.07) is 1.69. The molecule has 0 fully saturated rings. The smallest absolute Gasteiger partial charge is 0.239 e. The standard InChI is InChI=1S/C7H10N4O/c1-5-3-7(10-9-4-5)11(8)6(2)12/h3-4H,8H2,1-2H3. The first-order valence-corrected chi connectivity index (χ1v) is 3.46. The highest BCUT2D eigenvalue weighted by molar-refractivity contribution is 5.88. The molecule has 0 aliphatic carbocycles. The molecule has 0 bridgehead atoms. The van der Waals surface area contributed by atoms with Crippen molar-refractivity contribution in [2.75, 3.05) is 5.01 Å². The van der Waals surface area contributed by atoms with Crippen molar-refractivity contribution in [3.63, 3.8) is 0 Å². The fourth-order valence-electron chi connectivity index (χ4n) is 0.728. The molecule has 0 saturated heterocycles. The summed E-state index contributed by atoms with van der Waals surface area (Å²) in [5.74, 6) is 5.48. The molecule has 12 heavy (non-hydrogen) atoms. The molecule has 0 aromatic carbocycles. The molecule has 0 saturated carbocycles. The van der Waals surface area contributed by atoms with Gasteiger partial charge in [0.05, 0.1) is 6.20 Å². The number of anilines is 1. The van der Waals surface area contributed by atoms with Crippen LogP contribution in [0.25, 0.3) is 0 Å². The molecule has 0 atom stereocenters. The quantitative estimate of drug-likeness (QED) is 0.362. The van der Waals surface area contributed by atoms with E-state index in [9.17, 15) is 4.79 Å². The minimum Gasteiger partial charge on any atom is -0.273 e. The molecule has 0 spiro atoms. The number of hydrogen-bond acceptors (Lipinski definition) is 4. The van der Waals surface area contributed by atoms with Crippen LogP contribution in [0.4, 0.5) is 5.82 Å². The van der Waals surface area contributed by atoms with Gasteiger partial charge >= 0.3 is 0 Å². The lowest BCUT2D eigenvalue weighted by atomic mass is 10.3. The van der Waals surface area contributed by atoms with Crippen LogP contribution < -0.4 is 10.9 Å². The highest BCUT2D eigenvalue weighted by Gasteiger charge is 2.07. The van der Waals surface area contributed by atoms with Gasteiger partial charge < -0.3 is 0 Å². The molecular formula is C7H10N4O. The maximum Gasteiger partial charge on any atom is 0.239 e. The van der Waals surface area contributed by atoms with Crippen LogP contribution in [0.2, 0.25) is 0 Å². The Hall–Kier alpha value is -1.49. The third-order valence-electron chi connectivity index (χ3n) is 1.36. The van der Waals surface area contributed by atoms with Gasteiger partial charge in [-0.25, -0.2) is 10.9 Å². The second kappa shape index (κ2) is 3.27. The van der Waals surface area contributed by atoms with E-state index in [0.29, 0.717) is 5.82 Å². The first-order valence-electron chi connectivity index (χ1n) is 3.46. The summed E-state index contributed by atoms with van der Waals surface area (Å²) < 4.78 is 0. The van der Waals surface area contributed by atoms with Crippen LogP contribution in [-0.4, -0.2) is 16.1 Å². The van der Waals surface area contributed by atoms with Crippen molar-refractivity contribution in [1.29, 1.82) is 0 Å². The molecule has 0 aliphatic rings. The molecule has 1 heterocycles. The van der Waals surface area contributed by atoms with Crippen molar-refractivity contribution in [2.24, 2.45) is 5.84 Å². The van der Waals surface area contributed by atoms with Crippen LogP contribution >= 0.6 is 0 Å². The molecule has 0 unspecified atom stereocenters. The fraction of sp³-hybridized carbons (Fsp3) is 0.286. The van der Waals surface area contributed by atoms with Gasteiger partial charge in [-0.05, 0) is 18.6 Å². The van der Waals surface area contributed by atoms with E-state index in [-0.39, 0.29) is 5.91 Å². The molecule has 5 heteroatoms. The average Bonchev–Trinajstić information content (AvgIpc) is 2.03. The molecule has 0 radical (unpaired) electrons. The zero-order chi connectivity index (χ0) is 9.14. The average molecular weight is 166 g/mol. The van der Waals surface area contributed by atoms with Crippen molar-refractivity contribution < 1.29 is 4.79 Å². The van der Waals surface area contributed by atoms with Crippen molar-refractivity contribution in [2.45, 2.75) is 13.8 Å². The van der Waals surface area contributed by atoms with Gasteiger partial charge in [0.2, 0.25) is 5.91 Å². The van der Waals surface area contributed by atoms with Gasteiger partial charge in [-0.3, -0.25) is 4.79 Å². The van der Waals surface area contributed by atoms with Gasteiger partial charge in [0.25, 0.3) is 0 Å². The molecule has 1 amide bonds. The van der Waals surface area contributed by atoms with E-state index in [1.165, 1.54) is 6.92 Å². The Morgan fingerprint density at radius 3 is 2.83 bits per heavy atom. The predicted molar refractivity (Wildman–Crippen MR) is 44.1 cm³/mol. The van der Waals surface area contributed by atoms with Crippen molar-refractivity contribution in [1.82, 2.24) is 10.2 Å². The molecule has 1 rings (SSSR count). The molecule has 0 aliphatic heterocycles. The first-order chi connectivity index (χ1) is 5.61. The lowest BCUT2D eigenvalue weighted by Gasteiger charge is -2.11. The van der Waals surface area contributed by atoms with Crippen LogP contribution in [0.5, 0.6) is 0 Å². The van der Waals surface area contributed by atoms with Gasteiger partial charge in [0.1, 0.15) is 0 Å². The van der Waals surface area contributed by atoms with E-state index in [0.717, 1.165) is 10.6 Å². The van der Waals surface area contributed by atoms with Crippen LogP contribution in [0, 0.1) is 6.92 Å². The molecule has 5 nitrogen and oxygen atoms in total. The molecular weight excluding hydrogens is 156 g/mol. The van der Waals surface area contributed by atoms with Crippen LogP contribution in [0.1, 0.15) is 12.5 Å². The summed E-state index contributed by atoms with van der Waals surface area (Å²) in [7, 11) is 0. The summed E-state index contributed by atoms with van der Waals surface area (Å²) >= 11 is 0. The van der Waals surface area contributed by atoms with E-state index in [1.54, 1.807) is 12.3 Å². The Morgan fingerprint density at radius 1 is 1.67 bits per heavy atom. The van der Waals surface area contributed by atoms with Gasteiger partial charge in [0, 0.05) is 6.92 Å². The van der Waals surface area contributed by atoms with Gasteiger partial charge in [-0.15, -0.1) is 5.10 Å². The topological polar surface area (TPSA) is 72.1 Å². The minimum atomic E-state index is -0.269. The number of amides is 1. The van der Waals surface area contributed by atoms with E-state index in [2.05, 4.69) is 10.2 Å². The second-order valence-electron chi connectivity index (χ2n) is 2.48. The third kappa shape index (κ3) is 1.76. The van der Waals surface area contributed by atoms with Crippen molar-refractivity contribution >= 4 is 11.7 Å². The number of aryl methyl sites for hydroxylation is 1. The monoisotopic (exact) mass is 166 g/mol. The van der Waals surface area contributed by atoms with Gasteiger partial charge in [0.15, 0.2) is 5.82 Å². The fourth-order valence-corrected chi connectivity index (χ4v) is 0.728. The largest absolute Gasteiger partial charge is 0.273 e. The lowest BCUT2D eigenvalue weighted by Crippen LogP contribution is -2.36. The number of nitrogens with zero attached hydrogens (tertiary/aromatic N) is 3. The maximum atomic E-state index is 10.8. The van der Waals surface area contributed by atoms with Gasteiger partial charge in [-0.1, -0.05) is 0 Å². The van der Waals surface area contributed by atoms with E-state index in [1.807, 2.05) is 6.92 Å². The molecule has 2 N–H and O–H groups in total. The molecule has 1 aromatic rings. The number of aromatic nitrogens is 2. The maximum absolute atomic E-state index is 10.8. The highest BCUT2D eigenvalue weighted by atomic mass is 16.2. The summed E-state index contributed by atoms with van der Waals surface area (Å²) in [5, 5.41) is 8.31. The van der Waals surface area contributed by atoms with Crippen LogP contribution in [0.3, 0.4) is 0 Å². The number of carbonyl (C=O) groups is 1. The van der Waals surface area contributed by atoms with Crippen LogP contribution in [-0.2, 0) is 4.79 Å². The van der Waals surface area contributed by atoms with Gasteiger partial charge in [-0.2, -0.15) is 5.10 Å². The van der Waals surface area contributed by atoms with Crippen LogP contribution in [0.15, 0.2) is 12.3 Å². The molecule has 1 aromatic heterocycles. The van der Waals surface area contributed by atoms with E-state index >= 15 is 0 Å². The highest BCUT2D eigenvalue weighted by Crippen LogP contribution is 2.06. The van der Waals surface area contributed by atoms with E-state index < -0.39 is 0 Å². The number of carbonyl (C=O) groups excluding carboxylic acids is 1. The normalized spacial score (nSPS) is 9.58. The molecule has 64 valence electrons. The number of nitrogens with two attached hydrogens (primary N) is 1. The Morgan fingerprint density at radius 2 is 2.33 bits per heavy atom. The number of hydrogen-bond donors (Lipinski definition) is 1. The Bertz CT molecular complexity index is 299. The van der Waals surface area contributed by atoms with Crippen molar-refractivity contribution in [3.8, 4) is 0 Å². The Kier molecular flexibility index (Phi) is 2.35. The predicted octanol–water partition coefficient (Wildman–Crippen LogP) is 0.0116. The Labute approximate surface area is 70.2 Å². The zero-order valence-corrected chi connectivity index (χ0v) is 6.98. The van der Waals surface area contributed by atoms with E-state index in [4.69, 9.17) is 5.84 Å². The summed E-state index contributed by atoms with van der Waals surface area (Å²) in [4.78, 5) is 10.8.